The molecule has 1 heterocycles. The van der Waals surface area contributed by atoms with Crippen LogP contribution in [0, 0.1) is 0 Å². The number of para-hydroxylation sites is 1. The number of ether oxygens (including phenoxy) is 1. The van der Waals surface area contributed by atoms with Crippen molar-refractivity contribution in [3.8, 4) is 5.75 Å². The first-order chi connectivity index (χ1) is 9.25. The Bertz CT molecular complexity index is 624. The van der Waals surface area contributed by atoms with E-state index in [2.05, 4.69) is 15.2 Å². The molecule has 0 aliphatic heterocycles. The molecule has 100 valence electrons. The maximum absolute atomic E-state index is 11.3. The molecule has 1 aromatic carbocycles. The van der Waals surface area contributed by atoms with Crippen molar-refractivity contribution in [1.82, 2.24) is 15.2 Å². The second kappa shape index (κ2) is 6.79. The molecule has 0 amide bonds. The third-order valence-electron chi connectivity index (χ3n) is 2.22. The Hall–Kier alpha value is -2.02. The Balaban J connectivity index is 1.72. The van der Waals surface area contributed by atoms with Gasteiger partial charge in [0.05, 0.1) is 6.61 Å². The number of aromatic amines is 2. The van der Waals surface area contributed by atoms with E-state index in [1.807, 2.05) is 30.3 Å². The van der Waals surface area contributed by atoms with Gasteiger partial charge in [-0.3, -0.25) is 9.78 Å². The van der Waals surface area contributed by atoms with Gasteiger partial charge in [-0.25, -0.2) is 9.89 Å². The third kappa shape index (κ3) is 4.29. The highest BCUT2D eigenvalue weighted by Crippen LogP contribution is 2.12. The second-order valence-electron chi connectivity index (χ2n) is 3.68. The van der Waals surface area contributed by atoms with Gasteiger partial charge in [-0.15, -0.1) is 0 Å². The fourth-order valence-corrected chi connectivity index (χ4v) is 2.12. The van der Waals surface area contributed by atoms with Crippen molar-refractivity contribution in [2.75, 3.05) is 12.4 Å². The van der Waals surface area contributed by atoms with Crippen LogP contribution in [0.4, 0.5) is 0 Å². The topological polar surface area (TPSA) is 87.8 Å². The minimum Gasteiger partial charge on any atom is -0.494 e. The zero-order chi connectivity index (χ0) is 13.5. The number of H-pyrrole nitrogens is 2. The molecule has 2 rings (SSSR count). The first kappa shape index (κ1) is 13.4. The predicted molar refractivity (Wildman–Crippen MR) is 72.8 cm³/mol. The Morgan fingerprint density at radius 2 is 2.00 bits per heavy atom. The lowest BCUT2D eigenvalue weighted by atomic mass is 10.3. The van der Waals surface area contributed by atoms with Crippen molar-refractivity contribution in [2.24, 2.45) is 0 Å². The van der Waals surface area contributed by atoms with Crippen molar-refractivity contribution >= 4 is 11.8 Å². The van der Waals surface area contributed by atoms with Crippen LogP contribution in [-0.4, -0.2) is 27.5 Å². The Morgan fingerprint density at radius 3 is 2.74 bits per heavy atom. The summed E-state index contributed by atoms with van der Waals surface area (Å²) in [7, 11) is 0. The van der Waals surface area contributed by atoms with Crippen LogP contribution in [-0.2, 0) is 0 Å². The summed E-state index contributed by atoms with van der Waals surface area (Å²) in [5.74, 6) is 1.52. The van der Waals surface area contributed by atoms with Gasteiger partial charge < -0.3 is 4.74 Å². The van der Waals surface area contributed by atoms with Crippen LogP contribution >= 0.6 is 11.8 Å². The average Bonchev–Trinajstić information content (AvgIpc) is 2.42. The van der Waals surface area contributed by atoms with E-state index >= 15 is 0 Å². The molecule has 0 atom stereocenters. The Morgan fingerprint density at radius 1 is 1.21 bits per heavy atom. The fourth-order valence-electron chi connectivity index (χ4n) is 1.37. The number of nitrogens with one attached hydrogen (secondary N) is 2. The third-order valence-corrected chi connectivity index (χ3v) is 3.26. The van der Waals surface area contributed by atoms with Crippen LogP contribution in [0.15, 0.2) is 44.9 Å². The van der Waals surface area contributed by atoms with Gasteiger partial charge >= 0.3 is 5.69 Å². The molecule has 0 saturated heterocycles. The largest absolute Gasteiger partial charge is 0.494 e. The van der Waals surface area contributed by atoms with Gasteiger partial charge in [0, 0.05) is 5.75 Å². The van der Waals surface area contributed by atoms with Crippen LogP contribution in [0.5, 0.6) is 5.75 Å². The summed E-state index contributed by atoms with van der Waals surface area (Å²) in [6.45, 7) is 0.568. The summed E-state index contributed by atoms with van der Waals surface area (Å²) in [6, 6.07) is 9.53. The van der Waals surface area contributed by atoms with Gasteiger partial charge in [-0.05, 0) is 18.6 Å². The van der Waals surface area contributed by atoms with E-state index < -0.39 is 11.2 Å². The molecule has 6 nitrogen and oxygen atoms in total. The molecule has 1 aromatic heterocycles. The SMILES string of the molecule is O=c1[nH]nc(SCCCOc2ccccc2)c(=O)[nH]1. The highest BCUT2D eigenvalue weighted by molar-refractivity contribution is 7.99. The van der Waals surface area contributed by atoms with Crippen molar-refractivity contribution < 1.29 is 4.74 Å². The predicted octanol–water partition coefficient (Wildman–Crippen LogP) is 1.02. The molecule has 2 aromatic rings. The molecule has 7 heteroatoms. The average molecular weight is 279 g/mol. The van der Waals surface area contributed by atoms with Crippen LogP contribution < -0.4 is 16.0 Å². The number of hydrogen-bond acceptors (Lipinski definition) is 5. The van der Waals surface area contributed by atoms with Crippen molar-refractivity contribution in [3.63, 3.8) is 0 Å². The lowest BCUT2D eigenvalue weighted by Gasteiger charge is -2.04. The van der Waals surface area contributed by atoms with E-state index in [0.29, 0.717) is 12.4 Å². The molecular weight excluding hydrogens is 266 g/mol. The van der Waals surface area contributed by atoms with E-state index in [9.17, 15) is 9.59 Å². The van der Waals surface area contributed by atoms with Crippen LogP contribution in [0.1, 0.15) is 6.42 Å². The molecule has 0 fully saturated rings. The number of thioether (sulfide) groups is 1. The van der Waals surface area contributed by atoms with E-state index in [0.717, 1.165) is 12.2 Å². The van der Waals surface area contributed by atoms with Gasteiger partial charge in [0.15, 0.2) is 5.03 Å². The lowest BCUT2D eigenvalue weighted by Crippen LogP contribution is -2.25. The first-order valence-electron chi connectivity index (χ1n) is 5.75. The van der Waals surface area contributed by atoms with Crippen molar-refractivity contribution in [1.29, 1.82) is 0 Å². The molecule has 0 aliphatic rings. The standard InChI is InChI=1S/C12H13N3O3S/c16-10-11(14-15-12(17)13-10)19-8-4-7-18-9-5-2-1-3-6-9/h1-3,5-6H,4,7-8H2,(H2,13,15,16,17). The zero-order valence-electron chi connectivity index (χ0n) is 10.1. The monoisotopic (exact) mass is 279 g/mol. The molecule has 0 spiro atoms. The van der Waals surface area contributed by atoms with Crippen molar-refractivity contribution in [2.45, 2.75) is 11.4 Å². The molecule has 0 saturated carbocycles. The summed E-state index contributed by atoms with van der Waals surface area (Å²) in [5.41, 5.74) is -1.06. The van der Waals surface area contributed by atoms with E-state index in [4.69, 9.17) is 4.74 Å². The van der Waals surface area contributed by atoms with Crippen molar-refractivity contribution in [3.05, 3.63) is 51.2 Å². The first-order valence-corrected chi connectivity index (χ1v) is 6.74. The highest BCUT2D eigenvalue weighted by atomic mass is 32.2. The molecule has 19 heavy (non-hydrogen) atoms. The van der Waals surface area contributed by atoms with E-state index in [-0.39, 0.29) is 5.03 Å². The quantitative estimate of drug-likeness (QED) is 0.609. The number of benzene rings is 1. The smallest absolute Gasteiger partial charge is 0.342 e. The normalized spacial score (nSPS) is 10.3. The summed E-state index contributed by atoms with van der Waals surface area (Å²) >= 11 is 1.29. The van der Waals surface area contributed by atoms with Gasteiger partial charge in [0.2, 0.25) is 0 Å². The van der Waals surface area contributed by atoms with Crippen LogP contribution in [0.25, 0.3) is 0 Å². The van der Waals surface area contributed by atoms with Gasteiger partial charge in [-0.1, -0.05) is 30.0 Å². The number of hydrogen-bond donors (Lipinski definition) is 2. The minimum absolute atomic E-state index is 0.263. The second-order valence-corrected chi connectivity index (χ2v) is 4.76. The molecule has 0 unspecified atom stereocenters. The number of nitrogens with zero attached hydrogens (tertiary/aromatic N) is 1. The van der Waals surface area contributed by atoms with Gasteiger partial charge in [0.1, 0.15) is 5.75 Å². The number of rotatable bonds is 6. The summed E-state index contributed by atoms with van der Waals surface area (Å²) in [4.78, 5) is 24.2. The Labute approximate surface area is 113 Å². The number of aromatic nitrogens is 3. The lowest BCUT2D eigenvalue weighted by molar-refractivity contribution is 0.318. The van der Waals surface area contributed by atoms with E-state index in [1.165, 1.54) is 11.8 Å². The maximum atomic E-state index is 11.3. The fraction of sp³-hybridized carbons (Fsp3) is 0.250. The van der Waals surface area contributed by atoms with Gasteiger partial charge in [0.25, 0.3) is 5.56 Å². The maximum Gasteiger partial charge on any atom is 0.342 e. The minimum atomic E-state index is -0.596. The zero-order valence-corrected chi connectivity index (χ0v) is 10.9. The highest BCUT2D eigenvalue weighted by Gasteiger charge is 2.02. The van der Waals surface area contributed by atoms with Crippen LogP contribution in [0.3, 0.4) is 0 Å². The molecule has 2 N–H and O–H groups in total. The Kier molecular flexibility index (Phi) is 4.79. The van der Waals surface area contributed by atoms with E-state index in [1.54, 1.807) is 0 Å². The summed E-state index contributed by atoms with van der Waals surface area (Å²) < 4.78 is 5.52. The molecule has 0 radical (unpaired) electrons. The van der Waals surface area contributed by atoms with Gasteiger partial charge in [-0.2, -0.15) is 5.10 Å². The van der Waals surface area contributed by atoms with Crippen LogP contribution in [0.2, 0.25) is 0 Å². The molecular formula is C12H13N3O3S. The molecule has 0 bridgehead atoms. The molecule has 0 aliphatic carbocycles. The summed E-state index contributed by atoms with van der Waals surface area (Å²) in [6.07, 6.45) is 0.778. The summed E-state index contributed by atoms with van der Waals surface area (Å²) in [5, 5.41) is 6.13.